The Morgan fingerprint density at radius 3 is 2.86 bits per heavy atom. The molecule has 0 radical (unpaired) electrons. The number of nitrogens with zero attached hydrogens (tertiary/aromatic N) is 2. The van der Waals surface area contributed by atoms with Crippen LogP contribution in [0.1, 0.15) is 51.9 Å². The smallest absolute Gasteiger partial charge is 0.117 e. The monoisotopic (exact) mass is 305 g/mol. The van der Waals surface area contributed by atoms with Crippen molar-refractivity contribution >= 4 is 22.6 Å². The maximum Gasteiger partial charge on any atom is 0.117 e. The maximum atomic E-state index is 6.21. The predicted molar refractivity (Wildman–Crippen MR) is 89.2 cm³/mol. The van der Waals surface area contributed by atoms with Crippen molar-refractivity contribution < 1.29 is 0 Å². The summed E-state index contributed by atoms with van der Waals surface area (Å²) in [5.41, 5.74) is 2.36. The summed E-state index contributed by atoms with van der Waals surface area (Å²) in [5.74, 6) is 1.23. The molecule has 4 heteroatoms. The number of imidazole rings is 1. The van der Waals surface area contributed by atoms with Crippen LogP contribution >= 0.6 is 11.6 Å². The van der Waals surface area contributed by atoms with Gasteiger partial charge in [0.05, 0.1) is 11.0 Å². The zero-order valence-electron chi connectivity index (χ0n) is 13.1. The molecule has 1 unspecified atom stereocenters. The minimum atomic E-state index is 0.147. The molecule has 114 valence electrons. The number of hydrogen-bond acceptors (Lipinski definition) is 2. The third-order valence-corrected chi connectivity index (χ3v) is 5.03. The fraction of sp³-hybridized carbons (Fsp3) is 0.588. The van der Waals surface area contributed by atoms with Crippen molar-refractivity contribution in [3.05, 3.63) is 29.0 Å². The molecule has 1 saturated heterocycles. The van der Waals surface area contributed by atoms with Crippen LogP contribution in [0.25, 0.3) is 11.0 Å². The quantitative estimate of drug-likeness (QED) is 0.916. The van der Waals surface area contributed by atoms with Crippen molar-refractivity contribution in [1.29, 1.82) is 0 Å². The fourth-order valence-corrected chi connectivity index (χ4v) is 3.75. The molecule has 1 aromatic carbocycles. The Balaban J connectivity index is 2.23. The molecular weight excluding hydrogens is 282 g/mol. The van der Waals surface area contributed by atoms with Crippen LogP contribution in [0.5, 0.6) is 0 Å². The number of hydrogen-bond donors (Lipinski definition) is 1. The first-order valence-corrected chi connectivity index (χ1v) is 8.34. The summed E-state index contributed by atoms with van der Waals surface area (Å²) in [5, 5.41) is 4.35. The van der Waals surface area contributed by atoms with Gasteiger partial charge in [-0.15, -0.1) is 0 Å². The first-order chi connectivity index (χ1) is 10.1. The Kier molecular flexibility index (Phi) is 3.98. The van der Waals surface area contributed by atoms with E-state index < -0.39 is 0 Å². The van der Waals surface area contributed by atoms with E-state index in [1.165, 1.54) is 18.7 Å². The predicted octanol–water partition coefficient (Wildman–Crippen LogP) is 4.30. The lowest BCUT2D eigenvalue weighted by molar-refractivity contribution is 0.276. The van der Waals surface area contributed by atoms with Gasteiger partial charge in [0.2, 0.25) is 0 Å². The molecule has 1 aromatic heterocycles. The van der Waals surface area contributed by atoms with Gasteiger partial charge in [0.25, 0.3) is 0 Å². The molecule has 2 heterocycles. The van der Waals surface area contributed by atoms with Gasteiger partial charge >= 0.3 is 0 Å². The zero-order chi connectivity index (χ0) is 15.0. The second kappa shape index (κ2) is 5.62. The van der Waals surface area contributed by atoms with E-state index in [0.717, 1.165) is 35.6 Å². The lowest BCUT2D eigenvalue weighted by atomic mass is 9.77. The van der Waals surface area contributed by atoms with E-state index in [2.05, 4.69) is 30.7 Å². The summed E-state index contributed by atoms with van der Waals surface area (Å²) in [6, 6.07) is 6.41. The van der Waals surface area contributed by atoms with E-state index in [1.807, 2.05) is 18.2 Å². The Morgan fingerprint density at radius 1 is 1.43 bits per heavy atom. The summed E-state index contributed by atoms with van der Waals surface area (Å²) < 4.78 is 2.39. The molecule has 1 N–H and O–H groups in total. The topological polar surface area (TPSA) is 29.9 Å². The van der Waals surface area contributed by atoms with Crippen molar-refractivity contribution in [3.8, 4) is 0 Å². The number of piperidine rings is 1. The second-order valence-electron chi connectivity index (χ2n) is 6.45. The summed E-state index contributed by atoms with van der Waals surface area (Å²) in [6.07, 6.45) is 3.54. The zero-order valence-corrected chi connectivity index (χ0v) is 13.9. The number of rotatable bonds is 3. The van der Waals surface area contributed by atoms with Crippen LogP contribution < -0.4 is 5.32 Å². The molecule has 3 rings (SSSR count). The average Bonchev–Trinajstić information content (AvgIpc) is 2.87. The normalized spacial score (nSPS) is 23.1. The van der Waals surface area contributed by atoms with Crippen molar-refractivity contribution in [2.24, 2.45) is 0 Å². The van der Waals surface area contributed by atoms with Gasteiger partial charge in [-0.2, -0.15) is 0 Å². The molecule has 0 aliphatic carbocycles. The molecule has 0 saturated carbocycles. The number of aromatic nitrogens is 2. The van der Waals surface area contributed by atoms with E-state index in [-0.39, 0.29) is 5.41 Å². The largest absolute Gasteiger partial charge is 0.325 e. The molecule has 1 aliphatic heterocycles. The Bertz CT molecular complexity index is 639. The maximum absolute atomic E-state index is 6.21. The summed E-state index contributed by atoms with van der Waals surface area (Å²) in [4.78, 5) is 5.01. The molecule has 0 bridgehead atoms. The van der Waals surface area contributed by atoms with Gasteiger partial charge in [0.1, 0.15) is 5.82 Å². The van der Waals surface area contributed by atoms with E-state index in [1.54, 1.807) is 0 Å². The van der Waals surface area contributed by atoms with E-state index >= 15 is 0 Å². The third-order valence-electron chi connectivity index (χ3n) is 4.79. The SMILES string of the molecule is CCC1(c2nc3ccc(Cl)cc3n2C(C)C)CCCNC1. The Morgan fingerprint density at radius 2 is 2.24 bits per heavy atom. The number of benzene rings is 1. The molecule has 21 heavy (non-hydrogen) atoms. The van der Waals surface area contributed by atoms with Gasteiger partial charge in [-0.05, 0) is 57.9 Å². The number of nitrogens with one attached hydrogen (secondary N) is 1. The highest BCUT2D eigenvalue weighted by molar-refractivity contribution is 6.31. The van der Waals surface area contributed by atoms with Crippen LogP contribution in [0.3, 0.4) is 0 Å². The molecule has 1 aliphatic rings. The van der Waals surface area contributed by atoms with E-state index in [4.69, 9.17) is 16.6 Å². The second-order valence-corrected chi connectivity index (χ2v) is 6.88. The molecule has 2 aromatic rings. The minimum absolute atomic E-state index is 0.147. The first kappa shape index (κ1) is 14.9. The molecule has 1 fully saturated rings. The average molecular weight is 306 g/mol. The van der Waals surface area contributed by atoms with Crippen molar-refractivity contribution in [2.75, 3.05) is 13.1 Å². The van der Waals surface area contributed by atoms with Crippen LogP contribution in [0, 0.1) is 0 Å². The highest BCUT2D eigenvalue weighted by Crippen LogP contribution is 2.37. The highest BCUT2D eigenvalue weighted by atomic mass is 35.5. The lowest BCUT2D eigenvalue weighted by Crippen LogP contribution is -2.44. The molecule has 0 amide bonds. The van der Waals surface area contributed by atoms with Crippen molar-refractivity contribution in [1.82, 2.24) is 14.9 Å². The minimum Gasteiger partial charge on any atom is -0.325 e. The highest BCUT2D eigenvalue weighted by Gasteiger charge is 2.37. The molecule has 0 spiro atoms. The van der Waals surface area contributed by atoms with Gasteiger partial charge in [0, 0.05) is 23.0 Å². The van der Waals surface area contributed by atoms with Gasteiger partial charge in [-0.25, -0.2) is 4.98 Å². The van der Waals surface area contributed by atoms with Crippen LogP contribution in [0.15, 0.2) is 18.2 Å². The summed E-state index contributed by atoms with van der Waals surface area (Å²) >= 11 is 6.21. The molecule has 1 atom stereocenters. The van der Waals surface area contributed by atoms with Gasteiger partial charge < -0.3 is 9.88 Å². The van der Waals surface area contributed by atoms with Crippen molar-refractivity contribution in [3.63, 3.8) is 0 Å². The summed E-state index contributed by atoms with van der Waals surface area (Å²) in [6.45, 7) is 8.88. The number of halogens is 1. The summed E-state index contributed by atoms with van der Waals surface area (Å²) in [7, 11) is 0. The lowest BCUT2D eigenvalue weighted by Gasteiger charge is -2.37. The standard InChI is InChI=1S/C17H24ClN3/c1-4-17(8-5-9-19-11-17)16-20-14-7-6-13(18)10-15(14)21(16)12(2)3/h6-7,10,12,19H,4-5,8-9,11H2,1-3H3. The van der Waals surface area contributed by atoms with Gasteiger partial charge in [-0.3, -0.25) is 0 Å². The first-order valence-electron chi connectivity index (χ1n) is 7.96. The van der Waals surface area contributed by atoms with Crippen molar-refractivity contribution in [2.45, 2.75) is 51.5 Å². The van der Waals surface area contributed by atoms with Gasteiger partial charge in [0.15, 0.2) is 0 Å². The van der Waals surface area contributed by atoms with E-state index in [0.29, 0.717) is 6.04 Å². The Hall–Kier alpha value is -1.06. The van der Waals surface area contributed by atoms with Crippen LogP contribution in [0.4, 0.5) is 0 Å². The number of fused-ring (bicyclic) bond motifs is 1. The van der Waals surface area contributed by atoms with Crippen LogP contribution in [-0.4, -0.2) is 22.6 Å². The van der Waals surface area contributed by atoms with Crippen LogP contribution in [0.2, 0.25) is 5.02 Å². The van der Waals surface area contributed by atoms with Gasteiger partial charge in [-0.1, -0.05) is 18.5 Å². The molecular formula is C17H24ClN3. The third kappa shape index (κ3) is 2.47. The Labute approximate surface area is 131 Å². The van der Waals surface area contributed by atoms with Crippen LogP contribution in [-0.2, 0) is 5.41 Å². The fourth-order valence-electron chi connectivity index (χ4n) is 3.58. The molecule has 3 nitrogen and oxygen atoms in total. The van der Waals surface area contributed by atoms with E-state index in [9.17, 15) is 0 Å².